The molecule has 2 rings (SSSR count). The second-order valence-electron chi connectivity index (χ2n) is 6.65. The molecule has 1 fully saturated rings. The van der Waals surface area contributed by atoms with Crippen LogP contribution in [0.1, 0.15) is 44.4 Å². The van der Waals surface area contributed by atoms with Gasteiger partial charge in [-0.25, -0.2) is 0 Å². The first kappa shape index (κ1) is 16.3. The summed E-state index contributed by atoms with van der Waals surface area (Å²) < 4.78 is 37.8. The van der Waals surface area contributed by atoms with E-state index in [4.69, 9.17) is 5.73 Å². The highest BCUT2D eigenvalue weighted by atomic mass is 19.4. The first-order chi connectivity index (χ1) is 9.61. The lowest BCUT2D eigenvalue weighted by Crippen LogP contribution is -2.52. The topological polar surface area (TPSA) is 29.3 Å². The molecule has 0 aliphatic carbocycles. The minimum absolute atomic E-state index is 0.0262. The molecule has 2 N–H and O–H groups in total. The Morgan fingerprint density at radius 1 is 1.24 bits per heavy atom. The summed E-state index contributed by atoms with van der Waals surface area (Å²) in [6, 6.07) is 5.75. The summed E-state index contributed by atoms with van der Waals surface area (Å²) in [7, 11) is 0. The fourth-order valence-electron chi connectivity index (χ4n) is 2.91. The highest BCUT2D eigenvalue weighted by Gasteiger charge is 2.35. The van der Waals surface area contributed by atoms with Crippen LogP contribution in [0.25, 0.3) is 0 Å². The van der Waals surface area contributed by atoms with Gasteiger partial charge in [-0.3, -0.25) is 4.90 Å². The fourth-order valence-corrected chi connectivity index (χ4v) is 2.91. The summed E-state index contributed by atoms with van der Waals surface area (Å²) >= 11 is 0. The van der Waals surface area contributed by atoms with Crippen LogP contribution in [-0.4, -0.2) is 24.0 Å². The first-order valence-electron chi connectivity index (χ1n) is 7.28. The third kappa shape index (κ3) is 3.58. The van der Waals surface area contributed by atoms with Gasteiger partial charge in [0.2, 0.25) is 0 Å². The number of benzene rings is 1. The van der Waals surface area contributed by atoms with Crippen molar-refractivity contribution in [2.75, 3.05) is 13.1 Å². The minimum Gasteiger partial charge on any atom is -0.327 e. The Morgan fingerprint density at radius 3 is 2.29 bits per heavy atom. The lowest BCUT2D eigenvalue weighted by molar-refractivity contribution is -0.137. The predicted molar refractivity (Wildman–Crippen MR) is 77.8 cm³/mol. The van der Waals surface area contributed by atoms with E-state index in [1.54, 1.807) is 12.1 Å². The zero-order valence-electron chi connectivity index (χ0n) is 12.7. The van der Waals surface area contributed by atoms with Crippen LogP contribution in [0.5, 0.6) is 0 Å². The minimum atomic E-state index is -4.28. The number of alkyl halides is 3. The molecule has 2 atom stereocenters. The van der Waals surface area contributed by atoms with Crippen molar-refractivity contribution in [3.05, 3.63) is 35.4 Å². The number of halogens is 3. The van der Waals surface area contributed by atoms with Crippen molar-refractivity contribution in [1.82, 2.24) is 4.90 Å². The van der Waals surface area contributed by atoms with Gasteiger partial charge >= 0.3 is 6.18 Å². The van der Waals surface area contributed by atoms with Crippen LogP contribution >= 0.6 is 0 Å². The fraction of sp³-hybridized carbons (Fsp3) is 0.625. The standard InChI is InChI=1S/C16H23F3N2/c1-11(21-9-8-14(20)15(2,3)10-21)12-4-6-13(7-5-12)16(17,18)19/h4-7,11,14H,8-10,20H2,1-3H3. The van der Waals surface area contributed by atoms with E-state index >= 15 is 0 Å². The number of piperidine rings is 1. The van der Waals surface area contributed by atoms with Gasteiger partial charge in [-0.1, -0.05) is 26.0 Å². The van der Waals surface area contributed by atoms with Crippen molar-refractivity contribution in [3.63, 3.8) is 0 Å². The van der Waals surface area contributed by atoms with Crippen molar-refractivity contribution in [2.24, 2.45) is 11.1 Å². The van der Waals surface area contributed by atoms with Crippen LogP contribution in [0.2, 0.25) is 0 Å². The van der Waals surface area contributed by atoms with E-state index in [2.05, 4.69) is 18.7 Å². The summed E-state index contributed by atoms with van der Waals surface area (Å²) in [6.07, 6.45) is -3.36. The van der Waals surface area contributed by atoms with Crippen LogP contribution in [0.15, 0.2) is 24.3 Å². The molecule has 2 unspecified atom stereocenters. The van der Waals surface area contributed by atoms with E-state index in [9.17, 15) is 13.2 Å². The number of nitrogens with two attached hydrogens (primary N) is 1. The highest BCUT2D eigenvalue weighted by molar-refractivity contribution is 5.26. The largest absolute Gasteiger partial charge is 0.416 e. The molecule has 0 amide bonds. The van der Waals surface area contributed by atoms with Gasteiger partial charge in [0.05, 0.1) is 5.56 Å². The third-order valence-corrected chi connectivity index (χ3v) is 4.61. The summed E-state index contributed by atoms with van der Waals surface area (Å²) in [6.45, 7) is 8.06. The van der Waals surface area contributed by atoms with Crippen LogP contribution in [0.3, 0.4) is 0 Å². The summed E-state index contributed by atoms with van der Waals surface area (Å²) in [4.78, 5) is 2.30. The molecule has 2 nitrogen and oxygen atoms in total. The van der Waals surface area contributed by atoms with Crippen molar-refractivity contribution < 1.29 is 13.2 Å². The molecule has 1 aromatic carbocycles. The molecule has 0 bridgehead atoms. The maximum Gasteiger partial charge on any atom is 0.416 e. The van der Waals surface area contributed by atoms with Gasteiger partial charge in [0.15, 0.2) is 0 Å². The molecule has 0 aromatic heterocycles. The molecule has 118 valence electrons. The monoisotopic (exact) mass is 300 g/mol. The summed E-state index contributed by atoms with van der Waals surface area (Å²) in [5.41, 5.74) is 6.47. The van der Waals surface area contributed by atoms with Gasteiger partial charge < -0.3 is 5.73 Å². The average molecular weight is 300 g/mol. The zero-order valence-corrected chi connectivity index (χ0v) is 12.7. The molecule has 1 aliphatic heterocycles. The van der Waals surface area contributed by atoms with Crippen molar-refractivity contribution in [1.29, 1.82) is 0 Å². The predicted octanol–water partition coefficient (Wildman–Crippen LogP) is 3.83. The molecule has 1 aromatic rings. The van der Waals surface area contributed by atoms with E-state index in [0.717, 1.165) is 37.2 Å². The van der Waals surface area contributed by atoms with Gasteiger partial charge in [0.1, 0.15) is 0 Å². The van der Waals surface area contributed by atoms with Crippen molar-refractivity contribution in [2.45, 2.75) is 45.5 Å². The van der Waals surface area contributed by atoms with E-state index < -0.39 is 11.7 Å². The number of hydrogen-bond acceptors (Lipinski definition) is 2. The SMILES string of the molecule is CC(c1ccc(C(F)(F)F)cc1)N1CCC(N)C(C)(C)C1. The number of likely N-dealkylation sites (tertiary alicyclic amines) is 1. The van der Waals surface area contributed by atoms with Crippen LogP contribution in [0.4, 0.5) is 13.2 Å². The zero-order chi connectivity index (χ0) is 15.8. The van der Waals surface area contributed by atoms with E-state index in [-0.39, 0.29) is 17.5 Å². The maximum absolute atomic E-state index is 12.6. The molecule has 0 saturated carbocycles. The Hall–Kier alpha value is -1.07. The van der Waals surface area contributed by atoms with E-state index in [1.165, 1.54) is 0 Å². The second-order valence-corrected chi connectivity index (χ2v) is 6.65. The van der Waals surface area contributed by atoms with Gasteiger partial charge in [-0.05, 0) is 36.5 Å². The number of nitrogens with zero attached hydrogens (tertiary/aromatic N) is 1. The Kier molecular flexibility index (Phi) is 4.36. The maximum atomic E-state index is 12.6. The normalized spacial score (nSPS) is 24.8. The van der Waals surface area contributed by atoms with E-state index in [0.29, 0.717) is 0 Å². The molecule has 1 saturated heterocycles. The Labute approximate surface area is 124 Å². The highest BCUT2D eigenvalue weighted by Crippen LogP contribution is 2.34. The summed E-state index contributed by atoms with van der Waals surface area (Å²) in [5, 5.41) is 0. The molecular formula is C16H23F3N2. The smallest absolute Gasteiger partial charge is 0.327 e. The third-order valence-electron chi connectivity index (χ3n) is 4.61. The quantitative estimate of drug-likeness (QED) is 0.899. The van der Waals surface area contributed by atoms with Crippen molar-refractivity contribution in [3.8, 4) is 0 Å². The number of rotatable bonds is 2. The molecule has 5 heteroatoms. The first-order valence-corrected chi connectivity index (χ1v) is 7.28. The van der Waals surface area contributed by atoms with Gasteiger partial charge in [0.25, 0.3) is 0 Å². The molecular weight excluding hydrogens is 277 g/mol. The summed E-state index contributed by atoms with van der Waals surface area (Å²) in [5.74, 6) is 0. The van der Waals surface area contributed by atoms with Crippen LogP contribution < -0.4 is 5.73 Å². The lowest BCUT2D eigenvalue weighted by atomic mass is 9.79. The number of hydrogen-bond donors (Lipinski definition) is 1. The van der Waals surface area contributed by atoms with Gasteiger partial charge in [0, 0.05) is 25.2 Å². The lowest BCUT2D eigenvalue weighted by Gasteiger charge is -2.45. The molecule has 1 heterocycles. The van der Waals surface area contributed by atoms with Crippen LogP contribution in [-0.2, 0) is 6.18 Å². The molecule has 1 aliphatic rings. The van der Waals surface area contributed by atoms with Gasteiger partial charge in [-0.15, -0.1) is 0 Å². The average Bonchev–Trinajstić information content (AvgIpc) is 2.40. The van der Waals surface area contributed by atoms with Gasteiger partial charge in [-0.2, -0.15) is 13.2 Å². The van der Waals surface area contributed by atoms with Crippen LogP contribution in [0, 0.1) is 5.41 Å². The Bertz CT molecular complexity index is 479. The second kappa shape index (κ2) is 5.61. The van der Waals surface area contributed by atoms with E-state index in [1.807, 2.05) is 6.92 Å². The van der Waals surface area contributed by atoms with Crippen molar-refractivity contribution >= 4 is 0 Å². The molecule has 21 heavy (non-hydrogen) atoms. The molecule has 0 radical (unpaired) electrons. The Morgan fingerprint density at radius 2 is 1.81 bits per heavy atom. The molecule has 0 spiro atoms. The Balaban J connectivity index is 2.12.